The Morgan fingerprint density at radius 1 is 1.36 bits per heavy atom. The van der Waals surface area contributed by atoms with E-state index in [2.05, 4.69) is 31.0 Å². The van der Waals surface area contributed by atoms with E-state index in [-0.39, 0.29) is 0 Å². The molecule has 0 saturated heterocycles. The third kappa shape index (κ3) is 9.49. The zero-order valence-electron chi connectivity index (χ0n) is 9.51. The molecule has 1 N–H and O–H groups in total. The molecule has 0 spiro atoms. The molecule has 0 bridgehead atoms. The average molecular weight is 197 g/mol. The van der Waals surface area contributed by atoms with Crippen LogP contribution < -0.4 is 5.32 Å². The van der Waals surface area contributed by atoms with Crippen LogP contribution in [0, 0.1) is 0 Å². The first-order chi connectivity index (χ1) is 6.81. The molecule has 0 aliphatic heterocycles. The predicted octanol–water partition coefficient (Wildman–Crippen LogP) is 2.53. The van der Waals surface area contributed by atoms with Gasteiger partial charge in [-0.3, -0.25) is 0 Å². The third-order valence-corrected chi connectivity index (χ3v) is 2.04. The smallest absolute Gasteiger partial charge is 0.0587 e. The maximum Gasteiger partial charge on any atom is 0.0587 e. The highest BCUT2D eigenvalue weighted by Gasteiger charge is 1.86. The topological polar surface area (TPSA) is 21.3 Å². The highest BCUT2D eigenvalue weighted by molar-refractivity contribution is 5.01. The van der Waals surface area contributed by atoms with Crippen molar-refractivity contribution in [2.45, 2.75) is 26.2 Å². The summed E-state index contributed by atoms with van der Waals surface area (Å²) >= 11 is 0. The fraction of sp³-hybridized carbons (Fsp3) is 0.667. The fourth-order valence-electron chi connectivity index (χ4n) is 0.997. The molecular formula is C12H23NO. The largest absolute Gasteiger partial charge is 0.383 e. The fourth-order valence-corrected chi connectivity index (χ4v) is 0.997. The van der Waals surface area contributed by atoms with Crippen LogP contribution in [0.5, 0.6) is 0 Å². The molecule has 0 saturated carbocycles. The quantitative estimate of drug-likeness (QED) is 0.453. The molecule has 2 nitrogen and oxygen atoms in total. The molecule has 0 unspecified atom stereocenters. The van der Waals surface area contributed by atoms with E-state index in [1.54, 1.807) is 7.11 Å². The maximum atomic E-state index is 4.92. The molecule has 0 amide bonds. The van der Waals surface area contributed by atoms with E-state index in [9.17, 15) is 0 Å². The van der Waals surface area contributed by atoms with Crippen LogP contribution in [0.4, 0.5) is 0 Å². The van der Waals surface area contributed by atoms with E-state index >= 15 is 0 Å². The van der Waals surface area contributed by atoms with Gasteiger partial charge in [0.15, 0.2) is 0 Å². The van der Waals surface area contributed by atoms with Crippen LogP contribution in [-0.4, -0.2) is 26.8 Å². The van der Waals surface area contributed by atoms with Crippen LogP contribution in [0.15, 0.2) is 24.3 Å². The number of hydrogen-bond acceptors (Lipinski definition) is 2. The van der Waals surface area contributed by atoms with E-state index < -0.39 is 0 Å². The summed E-state index contributed by atoms with van der Waals surface area (Å²) in [4.78, 5) is 0. The van der Waals surface area contributed by atoms with Crippen molar-refractivity contribution in [3.05, 3.63) is 24.3 Å². The van der Waals surface area contributed by atoms with Gasteiger partial charge in [-0.15, -0.1) is 0 Å². The SMILES string of the molecule is C=C(CC)CC=CCCNCCOC. The predicted molar refractivity (Wildman–Crippen MR) is 62.6 cm³/mol. The van der Waals surface area contributed by atoms with Crippen LogP contribution in [0.2, 0.25) is 0 Å². The summed E-state index contributed by atoms with van der Waals surface area (Å²) in [6.45, 7) is 8.84. The van der Waals surface area contributed by atoms with Crippen molar-refractivity contribution in [2.24, 2.45) is 0 Å². The van der Waals surface area contributed by atoms with Gasteiger partial charge in [0, 0.05) is 13.7 Å². The molecule has 0 aromatic heterocycles. The summed E-state index contributed by atoms with van der Waals surface area (Å²) in [7, 11) is 1.72. The second-order valence-corrected chi connectivity index (χ2v) is 3.31. The van der Waals surface area contributed by atoms with Gasteiger partial charge in [0.2, 0.25) is 0 Å². The number of methoxy groups -OCH3 is 1. The summed E-state index contributed by atoms with van der Waals surface area (Å²) in [6.07, 6.45) is 7.59. The van der Waals surface area contributed by atoms with E-state index in [1.807, 2.05) is 0 Å². The Bertz CT molecular complexity index is 164. The van der Waals surface area contributed by atoms with Gasteiger partial charge in [-0.1, -0.05) is 31.2 Å². The maximum absolute atomic E-state index is 4.92. The Labute approximate surface area is 88.0 Å². The Morgan fingerprint density at radius 2 is 2.14 bits per heavy atom. The van der Waals surface area contributed by atoms with Crippen molar-refractivity contribution in [2.75, 3.05) is 26.8 Å². The summed E-state index contributed by atoms with van der Waals surface area (Å²) in [5.41, 5.74) is 1.30. The van der Waals surface area contributed by atoms with Crippen molar-refractivity contribution >= 4 is 0 Å². The molecule has 82 valence electrons. The van der Waals surface area contributed by atoms with E-state index in [0.29, 0.717) is 0 Å². The molecule has 0 aliphatic rings. The van der Waals surface area contributed by atoms with E-state index in [0.717, 1.165) is 39.0 Å². The van der Waals surface area contributed by atoms with Gasteiger partial charge < -0.3 is 10.1 Å². The number of nitrogens with one attached hydrogen (secondary N) is 1. The summed E-state index contributed by atoms with van der Waals surface area (Å²) in [6, 6.07) is 0. The summed E-state index contributed by atoms with van der Waals surface area (Å²) in [5.74, 6) is 0. The molecule has 0 atom stereocenters. The van der Waals surface area contributed by atoms with Gasteiger partial charge in [-0.25, -0.2) is 0 Å². The number of rotatable bonds is 9. The van der Waals surface area contributed by atoms with Crippen LogP contribution in [0.1, 0.15) is 26.2 Å². The Kier molecular flexibility index (Phi) is 10.0. The van der Waals surface area contributed by atoms with E-state index in [1.165, 1.54) is 5.57 Å². The van der Waals surface area contributed by atoms with Crippen LogP contribution >= 0.6 is 0 Å². The lowest BCUT2D eigenvalue weighted by atomic mass is 10.1. The van der Waals surface area contributed by atoms with Crippen LogP contribution in [0.3, 0.4) is 0 Å². The van der Waals surface area contributed by atoms with Crippen molar-refractivity contribution in [3.8, 4) is 0 Å². The molecular weight excluding hydrogens is 174 g/mol. The molecule has 0 heterocycles. The standard InChI is InChI=1S/C12H23NO/c1-4-12(2)8-6-5-7-9-13-10-11-14-3/h5-6,13H,2,4,7-11H2,1,3H3. The number of allylic oxidation sites excluding steroid dienone is 2. The minimum absolute atomic E-state index is 0.788. The first-order valence-corrected chi connectivity index (χ1v) is 5.32. The van der Waals surface area contributed by atoms with Crippen molar-refractivity contribution in [3.63, 3.8) is 0 Å². The van der Waals surface area contributed by atoms with Crippen LogP contribution in [-0.2, 0) is 4.74 Å². The van der Waals surface area contributed by atoms with Crippen molar-refractivity contribution in [1.29, 1.82) is 0 Å². The molecule has 0 radical (unpaired) electrons. The molecule has 0 fully saturated rings. The van der Waals surface area contributed by atoms with Crippen LogP contribution in [0.25, 0.3) is 0 Å². The third-order valence-electron chi connectivity index (χ3n) is 2.04. The molecule has 0 aromatic rings. The minimum Gasteiger partial charge on any atom is -0.383 e. The zero-order valence-corrected chi connectivity index (χ0v) is 9.51. The first kappa shape index (κ1) is 13.4. The minimum atomic E-state index is 0.788. The Morgan fingerprint density at radius 3 is 2.79 bits per heavy atom. The van der Waals surface area contributed by atoms with Gasteiger partial charge >= 0.3 is 0 Å². The Hall–Kier alpha value is -0.600. The number of ether oxygens (including phenoxy) is 1. The van der Waals surface area contributed by atoms with Gasteiger partial charge in [-0.05, 0) is 25.8 Å². The second kappa shape index (κ2) is 10.5. The van der Waals surface area contributed by atoms with Gasteiger partial charge in [0.1, 0.15) is 0 Å². The van der Waals surface area contributed by atoms with Crippen molar-refractivity contribution in [1.82, 2.24) is 5.32 Å². The number of hydrogen-bond donors (Lipinski definition) is 1. The summed E-state index contributed by atoms with van der Waals surface area (Å²) < 4.78 is 4.92. The molecule has 0 aliphatic carbocycles. The average Bonchev–Trinajstić information content (AvgIpc) is 2.21. The normalized spacial score (nSPS) is 11.0. The van der Waals surface area contributed by atoms with Crippen molar-refractivity contribution < 1.29 is 4.74 Å². The zero-order chi connectivity index (χ0) is 10.6. The lowest BCUT2D eigenvalue weighted by Gasteiger charge is -2.00. The first-order valence-electron chi connectivity index (χ1n) is 5.32. The highest BCUT2D eigenvalue weighted by Crippen LogP contribution is 2.03. The lowest BCUT2D eigenvalue weighted by molar-refractivity contribution is 0.199. The molecule has 0 aromatic carbocycles. The highest BCUT2D eigenvalue weighted by atomic mass is 16.5. The molecule has 2 heteroatoms. The summed E-state index contributed by atoms with van der Waals surface area (Å²) in [5, 5.41) is 3.29. The lowest BCUT2D eigenvalue weighted by Crippen LogP contribution is -2.19. The monoisotopic (exact) mass is 197 g/mol. The van der Waals surface area contributed by atoms with E-state index in [4.69, 9.17) is 4.74 Å². The van der Waals surface area contributed by atoms with Gasteiger partial charge in [0.05, 0.1) is 6.61 Å². The van der Waals surface area contributed by atoms with Gasteiger partial charge in [-0.2, -0.15) is 0 Å². The molecule has 14 heavy (non-hydrogen) atoms. The van der Waals surface area contributed by atoms with Gasteiger partial charge in [0.25, 0.3) is 0 Å². The second-order valence-electron chi connectivity index (χ2n) is 3.31. The molecule has 0 rings (SSSR count). The Balaban J connectivity index is 3.15.